The lowest BCUT2D eigenvalue weighted by Crippen LogP contribution is -2.13. The van der Waals surface area contributed by atoms with Crippen LogP contribution in [0.25, 0.3) is 11.3 Å². The number of nitrogens with zero attached hydrogens (tertiary/aromatic N) is 3. The van der Waals surface area contributed by atoms with Crippen LogP contribution in [0.5, 0.6) is 5.75 Å². The van der Waals surface area contributed by atoms with Crippen molar-refractivity contribution >= 4 is 11.9 Å². The average Bonchev–Trinajstić information content (AvgIpc) is 3.24. The molecule has 8 heteroatoms. The van der Waals surface area contributed by atoms with Gasteiger partial charge in [-0.1, -0.05) is 13.8 Å². The fraction of sp³-hybridized carbons (Fsp3) is 0.250. The first-order valence-electron chi connectivity index (χ1n) is 7.50. The molecular weight excluding hydrogens is 308 g/mol. The summed E-state index contributed by atoms with van der Waals surface area (Å²) in [5.41, 5.74) is 1.88. The molecule has 124 valence electrons. The minimum Gasteiger partial charge on any atom is -0.497 e. The number of H-pyrrole nitrogens is 2. The van der Waals surface area contributed by atoms with Gasteiger partial charge in [-0.05, 0) is 30.3 Å². The van der Waals surface area contributed by atoms with E-state index in [9.17, 15) is 4.79 Å². The summed E-state index contributed by atoms with van der Waals surface area (Å²) in [7, 11) is 1.61. The van der Waals surface area contributed by atoms with Crippen molar-refractivity contribution < 1.29 is 9.53 Å². The maximum absolute atomic E-state index is 12.2. The quantitative estimate of drug-likeness (QED) is 0.668. The molecule has 0 atom stereocenters. The third-order valence-electron chi connectivity index (χ3n) is 3.48. The zero-order chi connectivity index (χ0) is 17.1. The Morgan fingerprint density at radius 3 is 2.54 bits per heavy atom. The first-order chi connectivity index (χ1) is 11.6. The molecule has 8 nitrogen and oxygen atoms in total. The van der Waals surface area contributed by atoms with Crippen molar-refractivity contribution in [2.45, 2.75) is 19.8 Å². The highest BCUT2D eigenvalue weighted by Gasteiger charge is 2.14. The van der Waals surface area contributed by atoms with Crippen LogP contribution in [0, 0.1) is 0 Å². The molecule has 3 N–H and O–H groups in total. The van der Waals surface area contributed by atoms with E-state index in [0.29, 0.717) is 17.2 Å². The number of methoxy groups -OCH3 is 1. The molecule has 0 aliphatic carbocycles. The molecular formula is C16H18N6O2. The van der Waals surface area contributed by atoms with Crippen LogP contribution < -0.4 is 10.1 Å². The molecule has 3 rings (SSSR count). The summed E-state index contributed by atoms with van der Waals surface area (Å²) in [5.74, 6) is 1.57. The highest BCUT2D eigenvalue weighted by atomic mass is 16.5. The SMILES string of the molecule is COc1ccc(-c2cc(C(=O)Nc3n[nH]c(C(C)C)n3)[nH]n2)cc1. The molecule has 0 aliphatic rings. The number of nitrogens with one attached hydrogen (secondary N) is 3. The minimum absolute atomic E-state index is 0.206. The third kappa shape index (κ3) is 3.27. The van der Waals surface area contributed by atoms with Gasteiger partial charge in [0.2, 0.25) is 5.95 Å². The number of ether oxygens (including phenoxy) is 1. The maximum atomic E-state index is 12.2. The van der Waals surface area contributed by atoms with E-state index < -0.39 is 0 Å². The molecule has 2 heterocycles. The number of aromatic nitrogens is 5. The van der Waals surface area contributed by atoms with Gasteiger partial charge in [0.25, 0.3) is 5.91 Å². The van der Waals surface area contributed by atoms with Crippen LogP contribution >= 0.6 is 0 Å². The van der Waals surface area contributed by atoms with E-state index in [2.05, 4.69) is 30.7 Å². The van der Waals surface area contributed by atoms with Crippen molar-refractivity contribution in [3.05, 3.63) is 41.9 Å². The lowest BCUT2D eigenvalue weighted by atomic mass is 10.1. The molecule has 0 spiro atoms. The zero-order valence-electron chi connectivity index (χ0n) is 13.6. The number of rotatable bonds is 5. The smallest absolute Gasteiger partial charge is 0.276 e. The first-order valence-corrected chi connectivity index (χ1v) is 7.50. The third-order valence-corrected chi connectivity index (χ3v) is 3.48. The summed E-state index contributed by atoms with van der Waals surface area (Å²) in [5, 5.41) is 16.3. The van der Waals surface area contributed by atoms with E-state index >= 15 is 0 Å². The van der Waals surface area contributed by atoms with Crippen LogP contribution in [-0.2, 0) is 0 Å². The van der Waals surface area contributed by atoms with Gasteiger partial charge >= 0.3 is 0 Å². The van der Waals surface area contributed by atoms with Gasteiger partial charge < -0.3 is 4.74 Å². The predicted molar refractivity (Wildman–Crippen MR) is 89.0 cm³/mol. The summed E-state index contributed by atoms with van der Waals surface area (Å²) in [6.45, 7) is 3.98. The number of carbonyl (C=O) groups excluding carboxylic acids is 1. The lowest BCUT2D eigenvalue weighted by molar-refractivity contribution is 0.102. The monoisotopic (exact) mass is 326 g/mol. The second kappa shape index (κ2) is 6.53. The van der Waals surface area contributed by atoms with Gasteiger partial charge in [0.15, 0.2) is 0 Å². The highest BCUT2D eigenvalue weighted by molar-refractivity contribution is 6.02. The van der Waals surface area contributed by atoms with Crippen LogP contribution in [0.2, 0.25) is 0 Å². The number of amides is 1. The molecule has 0 saturated carbocycles. The summed E-state index contributed by atoms with van der Waals surface area (Å²) in [6, 6.07) is 9.10. The number of hydrogen-bond acceptors (Lipinski definition) is 5. The second-order valence-electron chi connectivity index (χ2n) is 5.55. The molecule has 0 radical (unpaired) electrons. The Labute approximate surface area is 138 Å². The topological polar surface area (TPSA) is 109 Å². The van der Waals surface area contributed by atoms with Crippen molar-refractivity contribution in [3.63, 3.8) is 0 Å². The number of anilines is 1. The van der Waals surface area contributed by atoms with Crippen LogP contribution in [0.1, 0.15) is 36.1 Å². The Bertz CT molecular complexity index is 834. The second-order valence-corrected chi connectivity index (χ2v) is 5.55. The van der Waals surface area contributed by atoms with Crippen LogP contribution in [0.3, 0.4) is 0 Å². The first kappa shape index (κ1) is 15.7. The van der Waals surface area contributed by atoms with E-state index in [1.54, 1.807) is 13.2 Å². The van der Waals surface area contributed by atoms with E-state index in [0.717, 1.165) is 11.3 Å². The van der Waals surface area contributed by atoms with Gasteiger partial charge in [0.1, 0.15) is 17.3 Å². The van der Waals surface area contributed by atoms with Gasteiger partial charge in [-0.2, -0.15) is 10.1 Å². The molecule has 0 fully saturated rings. The average molecular weight is 326 g/mol. The fourth-order valence-electron chi connectivity index (χ4n) is 2.11. The minimum atomic E-state index is -0.350. The zero-order valence-corrected chi connectivity index (χ0v) is 13.6. The Morgan fingerprint density at radius 1 is 1.17 bits per heavy atom. The largest absolute Gasteiger partial charge is 0.497 e. The predicted octanol–water partition coefficient (Wildman–Crippen LogP) is 2.58. The maximum Gasteiger partial charge on any atom is 0.276 e. The van der Waals surface area contributed by atoms with Gasteiger partial charge in [-0.25, -0.2) is 0 Å². The van der Waals surface area contributed by atoms with E-state index in [4.69, 9.17) is 4.74 Å². The fourth-order valence-corrected chi connectivity index (χ4v) is 2.11. The Hall–Kier alpha value is -3.16. The normalized spacial score (nSPS) is 10.8. The van der Waals surface area contributed by atoms with E-state index in [-0.39, 0.29) is 17.8 Å². The van der Waals surface area contributed by atoms with Crippen molar-refractivity contribution in [2.24, 2.45) is 0 Å². The number of aromatic amines is 2. The summed E-state index contributed by atoms with van der Waals surface area (Å²) in [4.78, 5) is 16.5. The molecule has 0 unspecified atom stereocenters. The van der Waals surface area contributed by atoms with Crippen molar-refractivity contribution in [1.29, 1.82) is 0 Å². The van der Waals surface area contributed by atoms with Gasteiger partial charge in [-0.3, -0.25) is 20.3 Å². The van der Waals surface area contributed by atoms with Gasteiger partial charge in [0, 0.05) is 11.5 Å². The highest BCUT2D eigenvalue weighted by Crippen LogP contribution is 2.21. The Balaban J connectivity index is 1.72. The lowest BCUT2D eigenvalue weighted by Gasteiger charge is -2.00. The molecule has 0 aliphatic heterocycles. The summed E-state index contributed by atoms with van der Waals surface area (Å²) in [6.07, 6.45) is 0. The number of carbonyl (C=O) groups is 1. The standard InChI is InChI=1S/C16H18N6O2/c1-9(2)14-17-16(22-21-14)18-15(23)13-8-12(19-20-13)10-4-6-11(24-3)7-5-10/h4-9H,1-3H3,(H,19,20)(H2,17,18,21,22,23). The van der Waals surface area contributed by atoms with E-state index in [1.165, 1.54) is 0 Å². The van der Waals surface area contributed by atoms with Crippen LogP contribution in [0.15, 0.2) is 30.3 Å². The number of hydrogen-bond donors (Lipinski definition) is 3. The van der Waals surface area contributed by atoms with Crippen molar-refractivity contribution in [1.82, 2.24) is 25.4 Å². The molecule has 1 aromatic carbocycles. The van der Waals surface area contributed by atoms with Gasteiger partial charge in [0.05, 0.1) is 12.8 Å². The molecule has 1 amide bonds. The molecule has 2 aromatic heterocycles. The van der Waals surface area contributed by atoms with Crippen LogP contribution in [-0.4, -0.2) is 38.4 Å². The summed E-state index contributed by atoms with van der Waals surface area (Å²) < 4.78 is 5.12. The van der Waals surface area contributed by atoms with Crippen LogP contribution in [0.4, 0.5) is 5.95 Å². The Morgan fingerprint density at radius 2 is 1.92 bits per heavy atom. The van der Waals surface area contributed by atoms with Crippen molar-refractivity contribution in [3.8, 4) is 17.0 Å². The molecule has 0 saturated heterocycles. The molecule has 24 heavy (non-hydrogen) atoms. The number of benzene rings is 1. The molecule has 3 aromatic rings. The van der Waals surface area contributed by atoms with Gasteiger partial charge in [-0.15, -0.1) is 5.10 Å². The summed E-state index contributed by atoms with van der Waals surface area (Å²) >= 11 is 0. The van der Waals surface area contributed by atoms with Crippen molar-refractivity contribution in [2.75, 3.05) is 12.4 Å². The molecule has 0 bridgehead atoms. The Kier molecular flexibility index (Phi) is 4.28. The van der Waals surface area contributed by atoms with E-state index in [1.807, 2.05) is 38.1 Å².